The third-order valence-electron chi connectivity index (χ3n) is 3.87. The molecule has 3 aromatic rings. The summed E-state index contributed by atoms with van der Waals surface area (Å²) < 4.78 is 5.65. The molecule has 2 nitrogen and oxygen atoms in total. The first-order chi connectivity index (χ1) is 10.2. The van der Waals surface area contributed by atoms with Gasteiger partial charge in [-0.05, 0) is 43.7 Å². The van der Waals surface area contributed by atoms with E-state index in [-0.39, 0.29) is 6.04 Å². The summed E-state index contributed by atoms with van der Waals surface area (Å²) in [7, 11) is 1.97. The number of para-hydroxylation sites is 1. The lowest BCUT2D eigenvalue weighted by molar-refractivity contribution is 0.563. The second-order valence-electron chi connectivity index (χ2n) is 5.33. The number of hydrogen-bond donors (Lipinski definition) is 1. The molecule has 0 aliphatic rings. The molecule has 1 atom stereocenters. The number of nitrogens with one attached hydrogen (secondary N) is 1. The number of hydrogen-bond acceptors (Lipinski definition) is 2. The molecular formula is C18H18ClNO. The molecule has 0 fully saturated rings. The molecule has 0 aliphatic carbocycles. The molecule has 0 aliphatic heterocycles. The predicted octanol–water partition coefficient (Wildman–Crippen LogP) is 4.90. The van der Waals surface area contributed by atoms with E-state index in [1.54, 1.807) is 0 Å². The standard InChI is InChI=1S/C18H18ClNO/c1-12-7-8-13(16(19)9-12)10-17(20-2)15-11-21-18-6-4-3-5-14(15)18/h3-9,11,17,20H,10H2,1-2H3. The first-order valence-corrected chi connectivity index (χ1v) is 7.45. The summed E-state index contributed by atoms with van der Waals surface area (Å²) in [4.78, 5) is 0. The molecule has 0 radical (unpaired) electrons. The number of benzene rings is 2. The molecule has 1 aromatic heterocycles. The molecule has 0 amide bonds. The molecule has 0 spiro atoms. The molecule has 3 rings (SSSR count). The van der Waals surface area contributed by atoms with Crippen LogP contribution < -0.4 is 5.32 Å². The maximum Gasteiger partial charge on any atom is 0.134 e. The summed E-state index contributed by atoms with van der Waals surface area (Å²) >= 11 is 6.36. The Hall–Kier alpha value is -1.77. The summed E-state index contributed by atoms with van der Waals surface area (Å²) in [5.74, 6) is 0. The van der Waals surface area contributed by atoms with Crippen LogP contribution in [0.4, 0.5) is 0 Å². The molecule has 1 unspecified atom stereocenters. The van der Waals surface area contributed by atoms with Crippen molar-refractivity contribution in [3.05, 3.63) is 70.4 Å². The van der Waals surface area contributed by atoms with E-state index in [2.05, 4.69) is 30.4 Å². The SMILES string of the molecule is CNC(Cc1ccc(C)cc1Cl)c1coc2ccccc12. The molecule has 0 saturated carbocycles. The Kier molecular flexibility index (Phi) is 4.00. The van der Waals surface area contributed by atoms with Gasteiger partial charge in [-0.2, -0.15) is 0 Å². The van der Waals surface area contributed by atoms with Crippen molar-refractivity contribution in [2.24, 2.45) is 0 Å². The summed E-state index contributed by atoms with van der Waals surface area (Å²) in [6, 6.07) is 14.5. The molecule has 1 N–H and O–H groups in total. The smallest absolute Gasteiger partial charge is 0.134 e. The van der Waals surface area contributed by atoms with Crippen LogP contribution in [0.3, 0.4) is 0 Å². The Morgan fingerprint density at radius 3 is 2.76 bits per heavy atom. The third kappa shape index (κ3) is 2.82. The van der Waals surface area contributed by atoms with E-state index < -0.39 is 0 Å². The molecule has 3 heteroatoms. The average Bonchev–Trinajstić information content (AvgIpc) is 2.91. The highest BCUT2D eigenvalue weighted by molar-refractivity contribution is 6.31. The van der Waals surface area contributed by atoms with Crippen molar-refractivity contribution in [2.75, 3.05) is 7.05 Å². The predicted molar refractivity (Wildman–Crippen MR) is 87.9 cm³/mol. The first kappa shape index (κ1) is 14.2. The summed E-state index contributed by atoms with van der Waals surface area (Å²) in [6.45, 7) is 2.05. The van der Waals surface area contributed by atoms with E-state index in [1.807, 2.05) is 37.6 Å². The molecule has 0 bridgehead atoms. The van der Waals surface area contributed by atoms with Crippen LogP contribution in [0.2, 0.25) is 5.02 Å². The van der Waals surface area contributed by atoms with E-state index in [4.69, 9.17) is 16.0 Å². The Labute approximate surface area is 129 Å². The minimum atomic E-state index is 0.175. The van der Waals surface area contributed by atoms with Gasteiger partial charge in [0, 0.05) is 22.0 Å². The quantitative estimate of drug-likeness (QED) is 0.741. The van der Waals surface area contributed by atoms with E-state index in [1.165, 1.54) is 11.1 Å². The van der Waals surface area contributed by atoms with Crippen LogP contribution in [0.15, 0.2) is 53.1 Å². The fraction of sp³-hybridized carbons (Fsp3) is 0.222. The average molecular weight is 300 g/mol. The second kappa shape index (κ2) is 5.92. The van der Waals surface area contributed by atoms with Gasteiger partial charge < -0.3 is 9.73 Å². The van der Waals surface area contributed by atoms with Crippen LogP contribution in [0.5, 0.6) is 0 Å². The van der Waals surface area contributed by atoms with Gasteiger partial charge in [-0.25, -0.2) is 0 Å². The highest BCUT2D eigenvalue weighted by Crippen LogP contribution is 2.30. The summed E-state index contributed by atoms with van der Waals surface area (Å²) in [5, 5.41) is 5.34. The Balaban J connectivity index is 1.95. The number of rotatable bonds is 4. The zero-order chi connectivity index (χ0) is 14.8. The second-order valence-corrected chi connectivity index (χ2v) is 5.73. The van der Waals surface area contributed by atoms with E-state index in [0.29, 0.717) is 0 Å². The van der Waals surface area contributed by atoms with E-state index in [0.717, 1.165) is 28.0 Å². The Morgan fingerprint density at radius 1 is 1.19 bits per heavy atom. The van der Waals surface area contributed by atoms with Crippen molar-refractivity contribution < 1.29 is 4.42 Å². The van der Waals surface area contributed by atoms with Crippen LogP contribution in [0, 0.1) is 6.92 Å². The van der Waals surface area contributed by atoms with Crippen molar-refractivity contribution >= 4 is 22.6 Å². The van der Waals surface area contributed by atoms with Crippen molar-refractivity contribution in [3.8, 4) is 0 Å². The first-order valence-electron chi connectivity index (χ1n) is 7.07. The number of fused-ring (bicyclic) bond motifs is 1. The molecule has 2 aromatic carbocycles. The molecular weight excluding hydrogens is 282 g/mol. The number of aryl methyl sites for hydroxylation is 1. The van der Waals surface area contributed by atoms with Crippen LogP contribution >= 0.6 is 11.6 Å². The van der Waals surface area contributed by atoms with Crippen LogP contribution in [-0.4, -0.2) is 7.05 Å². The number of likely N-dealkylation sites (N-methyl/N-ethyl adjacent to an activating group) is 1. The van der Waals surface area contributed by atoms with Crippen molar-refractivity contribution in [2.45, 2.75) is 19.4 Å². The number of halogens is 1. The van der Waals surface area contributed by atoms with Gasteiger partial charge in [0.05, 0.1) is 6.26 Å². The van der Waals surface area contributed by atoms with Gasteiger partial charge in [-0.3, -0.25) is 0 Å². The lowest BCUT2D eigenvalue weighted by Gasteiger charge is -2.16. The number of furan rings is 1. The fourth-order valence-corrected chi connectivity index (χ4v) is 2.99. The topological polar surface area (TPSA) is 25.2 Å². The maximum atomic E-state index is 6.36. The van der Waals surface area contributed by atoms with Gasteiger partial charge in [0.25, 0.3) is 0 Å². The van der Waals surface area contributed by atoms with Crippen LogP contribution in [-0.2, 0) is 6.42 Å². The molecule has 108 valence electrons. The maximum absolute atomic E-state index is 6.36. The van der Waals surface area contributed by atoms with Crippen molar-refractivity contribution in [1.82, 2.24) is 5.32 Å². The fourth-order valence-electron chi connectivity index (χ4n) is 2.67. The van der Waals surface area contributed by atoms with Gasteiger partial charge in [-0.1, -0.05) is 41.9 Å². The van der Waals surface area contributed by atoms with Gasteiger partial charge in [0.2, 0.25) is 0 Å². The highest BCUT2D eigenvalue weighted by atomic mass is 35.5. The van der Waals surface area contributed by atoms with E-state index in [9.17, 15) is 0 Å². The Bertz CT molecular complexity index is 763. The van der Waals surface area contributed by atoms with E-state index >= 15 is 0 Å². The van der Waals surface area contributed by atoms with Crippen LogP contribution in [0.1, 0.15) is 22.7 Å². The van der Waals surface area contributed by atoms with Gasteiger partial charge in [-0.15, -0.1) is 0 Å². The minimum Gasteiger partial charge on any atom is -0.464 e. The van der Waals surface area contributed by atoms with Crippen molar-refractivity contribution in [3.63, 3.8) is 0 Å². The minimum absolute atomic E-state index is 0.175. The van der Waals surface area contributed by atoms with Gasteiger partial charge >= 0.3 is 0 Å². The van der Waals surface area contributed by atoms with Crippen LogP contribution in [0.25, 0.3) is 11.0 Å². The lowest BCUT2D eigenvalue weighted by atomic mass is 9.98. The third-order valence-corrected chi connectivity index (χ3v) is 4.22. The highest BCUT2D eigenvalue weighted by Gasteiger charge is 2.17. The van der Waals surface area contributed by atoms with Gasteiger partial charge in [0.1, 0.15) is 5.58 Å². The zero-order valence-electron chi connectivity index (χ0n) is 12.2. The lowest BCUT2D eigenvalue weighted by Crippen LogP contribution is -2.18. The molecule has 21 heavy (non-hydrogen) atoms. The van der Waals surface area contributed by atoms with Gasteiger partial charge in [0.15, 0.2) is 0 Å². The summed E-state index contributed by atoms with van der Waals surface area (Å²) in [6.07, 6.45) is 2.67. The normalized spacial score (nSPS) is 12.7. The van der Waals surface area contributed by atoms with Crippen molar-refractivity contribution in [1.29, 1.82) is 0 Å². The zero-order valence-corrected chi connectivity index (χ0v) is 12.9. The Morgan fingerprint density at radius 2 is 2.00 bits per heavy atom. The monoisotopic (exact) mass is 299 g/mol. The largest absolute Gasteiger partial charge is 0.464 e. The summed E-state index contributed by atoms with van der Waals surface area (Å²) in [5.41, 5.74) is 4.41. The molecule has 1 heterocycles. The molecule has 0 saturated heterocycles.